The quantitative estimate of drug-likeness (QED) is 0.612. The molecule has 0 aliphatic heterocycles. The minimum Gasteiger partial charge on any atom is -0.491 e. The fourth-order valence-corrected chi connectivity index (χ4v) is 1.84. The highest BCUT2D eigenvalue weighted by Gasteiger charge is 2.28. The molecule has 0 saturated heterocycles. The molecule has 0 bridgehead atoms. The van der Waals surface area contributed by atoms with E-state index < -0.39 is 12.1 Å². The highest BCUT2D eigenvalue weighted by Crippen LogP contribution is 2.27. The summed E-state index contributed by atoms with van der Waals surface area (Å²) >= 11 is 0. The van der Waals surface area contributed by atoms with E-state index in [0.717, 1.165) is 12.8 Å². The lowest BCUT2D eigenvalue weighted by molar-refractivity contribution is -0.129. The molecule has 1 aromatic carbocycles. The SMILES string of the molecule is CCOc1c(N)cccc1C(=O)OC(C)C(=O)NC1CC1. The Bertz CT molecular complexity index is 540. The van der Waals surface area contributed by atoms with Crippen molar-refractivity contribution >= 4 is 17.6 Å². The Morgan fingerprint density at radius 2 is 2.14 bits per heavy atom. The average molecular weight is 292 g/mol. The molecule has 2 rings (SSSR count). The van der Waals surface area contributed by atoms with Gasteiger partial charge in [-0.05, 0) is 38.8 Å². The monoisotopic (exact) mass is 292 g/mol. The first-order chi connectivity index (χ1) is 10.0. The van der Waals surface area contributed by atoms with E-state index in [4.69, 9.17) is 15.2 Å². The number of amides is 1. The van der Waals surface area contributed by atoms with Crippen molar-refractivity contribution in [2.75, 3.05) is 12.3 Å². The number of rotatable bonds is 6. The van der Waals surface area contributed by atoms with Crippen LogP contribution in [0, 0.1) is 0 Å². The highest BCUT2D eigenvalue weighted by atomic mass is 16.5. The van der Waals surface area contributed by atoms with Crippen LogP contribution in [0.5, 0.6) is 5.75 Å². The lowest BCUT2D eigenvalue weighted by atomic mass is 10.1. The normalized spacial score (nSPS) is 15.1. The van der Waals surface area contributed by atoms with Crippen LogP contribution in [-0.4, -0.2) is 30.6 Å². The standard InChI is InChI=1S/C15H20N2O4/c1-3-20-13-11(5-4-6-12(13)16)15(19)21-9(2)14(18)17-10-7-8-10/h4-6,9-10H,3,7-8,16H2,1-2H3,(H,17,18). The summed E-state index contributed by atoms with van der Waals surface area (Å²) in [7, 11) is 0. The van der Waals surface area contributed by atoms with Gasteiger partial charge in [0.1, 0.15) is 5.56 Å². The molecular formula is C15H20N2O4. The average Bonchev–Trinajstić information content (AvgIpc) is 3.25. The number of carbonyl (C=O) groups is 2. The largest absolute Gasteiger partial charge is 0.491 e. The zero-order valence-electron chi connectivity index (χ0n) is 12.2. The van der Waals surface area contributed by atoms with E-state index in [0.29, 0.717) is 18.0 Å². The van der Waals surface area contributed by atoms with Gasteiger partial charge in [0.25, 0.3) is 5.91 Å². The second-order valence-corrected chi connectivity index (χ2v) is 4.99. The smallest absolute Gasteiger partial charge is 0.342 e. The minimum atomic E-state index is -0.853. The Kier molecular flexibility index (Phi) is 4.67. The van der Waals surface area contributed by atoms with E-state index in [1.54, 1.807) is 32.0 Å². The number of carbonyl (C=O) groups excluding carboxylic acids is 2. The van der Waals surface area contributed by atoms with Crippen LogP contribution in [0.3, 0.4) is 0 Å². The summed E-state index contributed by atoms with van der Waals surface area (Å²) in [4.78, 5) is 24.0. The molecule has 0 aromatic heterocycles. The van der Waals surface area contributed by atoms with Gasteiger partial charge in [-0.1, -0.05) is 6.07 Å². The molecule has 0 spiro atoms. The van der Waals surface area contributed by atoms with E-state index in [2.05, 4.69) is 5.32 Å². The van der Waals surface area contributed by atoms with Crippen LogP contribution in [0.4, 0.5) is 5.69 Å². The molecule has 1 atom stereocenters. The fraction of sp³-hybridized carbons (Fsp3) is 0.467. The first kappa shape index (κ1) is 15.2. The van der Waals surface area contributed by atoms with E-state index in [1.807, 2.05) is 0 Å². The number of nitrogens with two attached hydrogens (primary N) is 1. The van der Waals surface area contributed by atoms with Gasteiger partial charge < -0.3 is 20.5 Å². The molecule has 1 unspecified atom stereocenters. The summed E-state index contributed by atoms with van der Waals surface area (Å²) in [5.74, 6) is -0.614. The van der Waals surface area contributed by atoms with E-state index in [9.17, 15) is 9.59 Å². The third-order valence-corrected chi connectivity index (χ3v) is 3.13. The second kappa shape index (κ2) is 6.47. The molecule has 1 saturated carbocycles. The molecule has 6 heteroatoms. The number of nitrogen functional groups attached to an aromatic ring is 1. The first-order valence-corrected chi connectivity index (χ1v) is 7.05. The first-order valence-electron chi connectivity index (χ1n) is 7.05. The molecule has 1 fully saturated rings. The Morgan fingerprint density at radius 3 is 2.76 bits per heavy atom. The number of benzene rings is 1. The number of anilines is 1. The summed E-state index contributed by atoms with van der Waals surface area (Å²) in [5, 5.41) is 2.79. The van der Waals surface area contributed by atoms with Crippen molar-refractivity contribution in [1.29, 1.82) is 0 Å². The van der Waals surface area contributed by atoms with Crippen LogP contribution in [0.1, 0.15) is 37.0 Å². The van der Waals surface area contributed by atoms with Crippen LogP contribution in [-0.2, 0) is 9.53 Å². The molecule has 1 amide bonds. The van der Waals surface area contributed by atoms with Gasteiger partial charge >= 0.3 is 5.97 Å². The lowest BCUT2D eigenvalue weighted by Crippen LogP contribution is -2.37. The molecule has 0 heterocycles. The third-order valence-electron chi connectivity index (χ3n) is 3.13. The van der Waals surface area contributed by atoms with Crippen molar-refractivity contribution < 1.29 is 19.1 Å². The zero-order chi connectivity index (χ0) is 15.4. The van der Waals surface area contributed by atoms with Gasteiger partial charge in [0.15, 0.2) is 11.9 Å². The number of ether oxygens (including phenoxy) is 2. The Hall–Kier alpha value is -2.24. The summed E-state index contributed by atoms with van der Waals surface area (Å²) in [5.41, 5.74) is 6.39. The summed E-state index contributed by atoms with van der Waals surface area (Å²) < 4.78 is 10.6. The van der Waals surface area contributed by atoms with Crippen LogP contribution in [0.15, 0.2) is 18.2 Å². The lowest BCUT2D eigenvalue weighted by Gasteiger charge is -2.15. The van der Waals surface area contributed by atoms with Gasteiger partial charge in [-0.15, -0.1) is 0 Å². The van der Waals surface area contributed by atoms with Crippen LogP contribution < -0.4 is 15.8 Å². The molecule has 0 radical (unpaired) electrons. The predicted molar refractivity (Wildman–Crippen MR) is 78.1 cm³/mol. The van der Waals surface area contributed by atoms with Crippen molar-refractivity contribution in [1.82, 2.24) is 5.32 Å². The van der Waals surface area contributed by atoms with Gasteiger partial charge in [0.2, 0.25) is 0 Å². The molecule has 3 N–H and O–H groups in total. The van der Waals surface area contributed by atoms with Crippen LogP contribution in [0.2, 0.25) is 0 Å². The topological polar surface area (TPSA) is 90.7 Å². The van der Waals surface area contributed by atoms with Gasteiger partial charge in [-0.2, -0.15) is 0 Å². The Morgan fingerprint density at radius 1 is 1.43 bits per heavy atom. The predicted octanol–water partition coefficient (Wildman–Crippen LogP) is 1.49. The number of hydrogen-bond donors (Lipinski definition) is 2. The summed E-state index contributed by atoms with van der Waals surface area (Å²) in [6.45, 7) is 3.72. The van der Waals surface area contributed by atoms with Crippen molar-refractivity contribution in [3.05, 3.63) is 23.8 Å². The van der Waals surface area contributed by atoms with Crippen molar-refractivity contribution in [3.8, 4) is 5.75 Å². The third kappa shape index (κ3) is 3.87. The van der Waals surface area contributed by atoms with Gasteiger partial charge in [0.05, 0.1) is 12.3 Å². The summed E-state index contributed by atoms with van der Waals surface area (Å²) in [6.07, 6.45) is 1.11. The van der Waals surface area contributed by atoms with Crippen LogP contribution >= 0.6 is 0 Å². The molecule has 6 nitrogen and oxygen atoms in total. The summed E-state index contributed by atoms with van der Waals surface area (Å²) in [6, 6.07) is 5.08. The molecular weight excluding hydrogens is 272 g/mol. The molecule has 21 heavy (non-hydrogen) atoms. The fourth-order valence-electron chi connectivity index (χ4n) is 1.84. The minimum absolute atomic E-state index is 0.225. The van der Waals surface area contributed by atoms with Gasteiger partial charge in [0, 0.05) is 6.04 Å². The van der Waals surface area contributed by atoms with Gasteiger partial charge in [-0.25, -0.2) is 4.79 Å². The maximum absolute atomic E-state index is 12.2. The van der Waals surface area contributed by atoms with Crippen molar-refractivity contribution in [2.24, 2.45) is 0 Å². The highest BCUT2D eigenvalue weighted by molar-refractivity contribution is 5.96. The van der Waals surface area contributed by atoms with E-state index in [-0.39, 0.29) is 17.5 Å². The van der Waals surface area contributed by atoms with Gasteiger partial charge in [-0.3, -0.25) is 4.79 Å². The van der Waals surface area contributed by atoms with E-state index >= 15 is 0 Å². The van der Waals surface area contributed by atoms with Crippen molar-refractivity contribution in [2.45, 2.75) is 38.8 Å². The molecule has 1 aliphatic carbocycles. The maximum atomic E-state index is 12.2. The van der Waals surface area contributed by atoms with Crippen molar-refractivity contribution in [3.63, 3.8) is 0 Å². The Labute approximate surface area is 123 Å². The molecule has 1 aliphatic rings. The maximum Gasteiger partial charge on any atom is 0.342 e. The number of hydrogen-bond acceptors (Lipinski definition) is 5. The van der Waals surface area contributed by atoms with Crippen LogP contribution in [0.25, 0.3) is 0 Å². The molecule has 1 aromatic rings. The number of nitrogens with one attached hydrogen (secondary N) is 1. The molecule has 114 valence electrons. The Balaban J connectivity index is 2.05. The second-order valence-electron chi connectivity index (χ2n) is 4.99. The zero-order valence-corrected chi connectivity index (χ0v) is 12.2. The number of esters is 1. The van der Waals surface area contributed by atoms with E-state index in [1.165, 1.54) is 0 Å². The number of para-hydroxylation sites is 1.